The number of allylic oxidation sites excluding steroid dienone is 2. The molecule has 1 nitrogen and oxygen atoms in total. The molecule has 0 aromatic heterocycles. The van der Waals surface area contributed by atoms with E-state index in [9.17, 15) is 4.79 Å². The Morgan fingerprint density at radius 2 is 1.87 bits per heavy atom. The van der Waals surface area contributed by atoms with E-state index >= 15 is 0 Å². The van der Waals surface area contributed by atoms with Gasteiger partial charge in [0.1, 0.15) is 0 Å². The zero-order chi connectivity index (χ0) is 16.4. The van der Waals surface area contributed by atoms with Crippen LogP contribution in [-0.4, -0.2) is 5.78 Å². The zero-order valence-corrected chi connectivity index (χ0v) is 15.2. The van der Waals surface area contributed by atoms with Gasteiger partial charge in [0.05, 0.1) is 0 Å². The molecule has 0 spiro atoms. The molecule has 0 bridgehead atoms. The Balaban J connectivity index is 1.67. The average Bonchev–Trinajstić information content (AvgIpc) is 2.85. The van der Waals surface area contributed by atoms with Crippen LogP contribution in [0.2, 0.25) is 0 Å². The van der Waals surface area contributed by atoms with Crippen LogP contribution >= 0.6 is 0 Å². The summed E-state index contributed by atoms with van der Waals surface area (Å²) in [5.74, 6) is 3.70. The molecule has 4 aliphatic carbocycles. The van der Waals surface area contributed by atoms with E-state index in [2.05, 4.69) is 27.4 Å². The molecule has 126 valence electrons. The van der Waals surface area contributed by atoms with Crippen LogP contribution in [-0.2, 0) is 4.79 Å². The fraction of sp³-hybridized carbons (Fsp3) is 0.773. The normalized spacial score (nSPS) is 49.0. The van der Waals surface area contributed by atoms with Crippen molar-refractivity contribution in [1.29, 1.82) is 0 Å². The number of carbonyl (C=O) groups is 1. The maximum Gasteiger partial charge on any atom is 0.155 e. The Bertz CT molecular complexity index is 585. The molecule has 0 aromatic rings. The third-order valence-electron chi connectivity index (χ3n) is 8.56. The van der Waals surface area contributed by atoms with Crippen molar-refractivity contribution in [2.24, 2.45) is 34.5 Å². The smallest absolute Gasteiger partial charge is 0.155 e. The SMILES string of the molecule is C=C(C)[C@H]1CC[C@H]2[C@@H]3CCC4=CC(=O)CC[C@]4(C)[C@H]3CC[C@]12C. The van der Waals surface area contributed by atoms with Gasteiger partial charge in [-0.3, -0.25) is 4.79 Å². The van der Waals surface area contributed by atoms with Gasteiger partial charge in [0.15, 0.2) is 5.78 Å². The molecule has 0 saturated heterocycles. The molecule has 23 heavy (non-hydrogen) atoms. The lowest BCUT2D eigenvalue weighted by Gasteiger charge is -2.58. The monoisotopic (exact) mass is 312 g/mol. The van der Waals surface area contributed by atoms with E-state index in [-0.39, 0.29) is 0 Å². The van der Waals surface area contributed by atoms with Crippen molar-refractivity contribution in [2.45, 2.75) is 72.1 Å². The molecule has 0 aromatic carbocycles. The number of fused-ring (bicyclic) bond motifs is 5. The third-order valence-corrected chi connectivity index (χ3v) is 8.56. The van der Waals surface area contributed by atoms with Crippen LogP contribution < -0.4 is 0 Å². The molecule has 0 heterocycles. The van der Waals surface area contributed by atoms with Crippen molar-refractivity contribution < 1.29 is 4.79 Å². The Labute approximate surface area is 141 Å². The van der Waals surface area contributed by atoms with Crippen molar-refractivity contribution in [1.82, 2.24) is 0 Å². The first-order chi connectivity index (χ1) is 10.9. The van der Waals surface area contributed by atoms with Gasteiger partial charge in [-0.1, -0.05) is 31.6 Å². The molecule has 4 aliphatic rings. The van der Waals surface area contributed by atoms with Crippen molar-refractivity contribution >= 4 is 5.78 Å². The second kappa shape index (κ2) is 5.07. The number of hydrogen-bond donors (Lipinski definition) is 0. The molecule has 0 unspecified atom stereocenters. The maximum absolute atomic E-state index is 11.9. The van der Waals surface area contributed by atoms with E-state index in [0.717, 1.165) is 36.5 Å². The summed E-state index contributed by atoms with van der Waals surface area (Å²) in [6.45, 7) is 11.6. The van der Waals surface area contributed by atoms with Crippen LogP contribution in [0.1, 0.15) is 72.1 Å². The third kappa shape index (κ3) is 2.07. The molecule has 6 atom stereocenters. The molecule has 4 rings (SSSR count). The first-order valence-corrected chi connectivity index (χ1v) is 9.75. The standard InChI is InChI=1S/C22H32O/c1-14(2)18-7-8-19-17-6-5-15-13-16(23)9-11-21(15,3)20(17)10-12-22(18,19)4/h13,17-20H,1,5-12H2,2-4H3/t17-,18+,19-,20-,21-,22+/m0/s1. The predicted octanol–water partition coefficient (Wildman–Crippen LogP) is 5.71. The quantitative estimate of drug-likeness (QED) is 0.567. The number of ketones is 1. The largest absolute Gasteiger partial charge is 0.295 e. The van der Waals surface area contributed by atoms with Crippen molar-refractivity contribution in [3.8, 4) is 0 Å². The predicted molar refractivity (Wildman–Crippen MR) is 95.0 cm³/mol. The zero-order valence-electron chi connectivity index (χ0n) is 15.2. The number of hydrogen-bond acceptors (Lipinski definition) is 1. The fourth-order valence-electron chi connectivity index (χ4n) is 7.37. The minimum absolute atomic E-state index is 0.319. The van der Waals surface area contributed by atoms with Crippen LogP contribution in [0.5, 0.6) is 0 Å². The summed E-state index contributed by atoms with van der Waals surface area (Å²) in [7, 11) is 0. The van der Waals surface area contributed by atoms with Gasteiger partial charge in [0, 0.05) is 6.42 Å². The molecule has 0 N–H and O–H groups in total. The Morgan fingerprint density at radius 3 is 2.61 bits per heavy atom. The molecule has 0 amide bonds. The van der Waals surface area contributed by atoms with Gasteiger partial charge in [-0.05, 0) is 92.4 Å². The number of carbonyl (C=O) groups excluding carboxylic acids is 1. The van der Waals surface area contributed by atoms with E-state index in [1.54, 1.807) is 0 Å². The summed E-state index contributed by atoms with van der Waals surface area (Å²) in [5, 5.41) is 0. The van der Waals surface area contributed by atoms with Crippen LogP contribution in [0.25, 0.3) is 0 Å². The van der Waals surface area contributed by atoms with Crippen LogP contribution in [0, 0.1) is 34.5 Å². The van der Waals surface area contributed by atoms with Crippen LogP contribution in [0.4, 0.5) is 0 Å². The highest BCUT2D eigenvalue weighted by molar-refractivity contribution is 5.91. The Hall–Kier alpha value is -0.850. The molecular formula is C22H32O. The average molecular weight is 312 g/mol. The first-order valence-electron chi connectivity index (χ1n) is 9.75. The lowest BCUT2D eigenvalue weighted by atomic mass is 9.46. The van der Waals surface area contributed by atoms with Gasteiger partial charge in [-0.2, -0.15) is 0 Å². The van der Waals surface area contributed by atoms with E-state index in [4.69, 9.17) is 0 Å². The maximum atomic E-state index is 11.9. The molecule has 1 heteroatoms. The fourth-order valence-corrected chi connectivity index (χ4v) is 7.37. The van der Waals surface area contributed by atoms with E-state index < -0.39 is 0 Å². The topological polar surface area (TPSA) is 17.1 Å². The minimum Gasteiger partial charge on any atom is -0.295 e. The summed E-state index contributed by atoms with van der Waals surface area (Å²) in [6.07, 6.45) is 11.9. The van der Waals surface area contributed by atoms with Gasteiger partial charge in [-0.25, -0.2) is 0 Å². The van der Waals surface area contributed by atoms with Crippen LogP contribution in [0.3, 0.4) is 0 Å². The van der Waals surface area contributed by atoms with Crippen molar-refractivity contribution in [2.75, 3.05) is 0 Å². The second-order valence-corrected chi connectivity index (χ2v) is 9.49. The highest BCUT2D eigenvalue weighted by Gasteiger charge is 2.58. The van der Waals surface area contributed by atoms with Gasteiger partial charge < -0.3 is 0 Å². The lowest BCUT2D eigenvalue weighted by molar-refractivity contribution is -0.117. The van der Waals surface area contributed by atoms with Crippen molar-refractivity contribution in [3.63, 3.8) is 0 Å². The van der Waals surface area contributed by atoms with E-state index in [1.807, 2.05) is 6.08 Å². The number of rotatable bonds is 1. The summed E-state index contributed by atoms with van der Waals surface area (Å²) < 4.78 is 0. The Morgan fingerprint density at radius 1 is 1.09 bits per heavy atom. The first kappa shape index (κ1) is 15.7. The summed E-state index contributed by atoms with van der Waals surface area (Å²) in [4.78, 5) is 11.9. The highest BCUT2D eigenvalue weighted by atomic mass is 16.1. The van der Waals surface area contributed by atoms with Gasteiger partial charge in [0.25, 0.3) is 0 Å². The Kier molecular flexibility index (Phi) is 3.45. The highest BCUT2D eigenvalue weighted by Crippen LogP contribution is 2.67. The minimum atomic E-state index is 0.319. The molecule has 0 aliphatic heterocycles. The molecule has 3 fully saturated rings. The van der Waals surface area contributed by atoms with Crippen LogP contribution in [0.15, 0.2) is 23.8 Å². The van der Waals surface area contributed by atoms with E-state index in [1.165, 1.54) is 49.7 Å². The molecule has 3 saturated carbocycles. The lowest BCUT2D eigenvalue weighted by Crippen LogP contribution is -2.50. The molecular weight excluding hydrogens is 280 g/mol. The van der Waals surface area contributed by atoms with Gasteiger partial charge >= 0.3 is 0 Å². The summed E-state index contributed by atoms with van der Waals surface area (Å²) in [6, 6.07) is 0. The second-order valence-electron chi connectivity index (χ2n) is 9.49. The van der Waals surface area contributed by atoms with Crippen molar-refractivity contribution in [3.05, 3.63) is 23.8 Å². The van der Waals surface area contributed by atoms with Gasteiger partial charge in [-0.15, -0.1) is 0 Å². The summed E-state index contributed by atoms with van der Waals surface area (Å²) in [5.41, 5.74) is 3.72. The van der Waals surface area contributed by atoms with E-state index in [0.29, 0.717) is 16.6 Å². The summed E-state index contributed by atoms with van der Waals surface area (Å²) >= 11 is 0. The molecule has 0 radical (unpaired) electrons. The van der Waals surface area contributed by atoms with Gasteiger partial charge in [0.2, 0.25) is 0 Å².